The fraction of sp³-hybridized carbons (Fsp3) is 0.100. The second-order valence-electron chi connectivity index (χ2n) is 2.88. The van der Waals surface area contributed by atoms with Crippen molar-refractivity contribution in [2.45, 2.75) is 0 Å². The molecule has 0 unspecified atom stereocenters. The molecule has 2 aromatic rings. The molecule has 0 saturated heterocycles. The minimum Gasteiger partial charge on any atom is -0.504 e. The summed E-state index contributed by atoms with van der Waals surface area (Å²) >= 11 is 1.34. The maximum absolute atomic E-state index is 9.54. The van der Waals surface area contributed by atoms with Crippen LogP contribution in [0, 0.1) is 0 Å². The van der Waals surface area contributed by atoms with E-state index in [4.69, 9.17) is 4.74 Å². The van der Waals surface area contributed by atoms with Gasteiger partial charge >= 0.3 is 0 Å². The fourth-order valence-electron chi connectivity index (χ4n) is 1.21. The lowest BCUT2D eigenvalue weighted by molar-refractivity contribution is 0.373. The van der Waals surface area contributed by atoms with E-state index in [1.807, 2.05) is 0 Å². The summed E-state index contributed by atoms with van der Waals surface area (Å²) < 4.78 is 5.07. The third-order valence-corrected chi connectivity index (χ3v) is 2.49. The van der Waals surface area contributed by atoms with Crippen LogP contribution in [0.3, 0.4) is 0 Å². The topological polar surface area (TPSA) is 67.6 Å². The van der Waals surface area contributed by atoms with Gasteiger partial charge in [-0.05, 0) is 12.1 Å². The van der Waals surface area contributed by atoms with E-state index in [-0.39, 0.29) is 5.75 Å². The molecule has 0 aliphatic carbocycles. The molecule has 0 atom stereocenters. The van der Waals surface area contributed by atoms with Crippen molar-refractivity contribution < 1.29 is 9.84 Å². The second-order valence-corrected chi connectivity index (χ2v) is 3.69. The van der Waals surface area contributed by atoms with Crippen LogP contribution >= 0.6 is 11.3 Å². The standard InChI is InChI=1S/C10H9N3O2S/c1-15-9-7(3-2-4-8(9)14)5-11-10-13-12-6-16-10/h2-6,14H,1H3. The Morgan fingerprint density at radius 2 is 2.38 bits per heavy atom. The SMILES string of the molecule is COc1c(O)cccc1C=Nc1nncs1. The van der Waals surface area contributed by atoms with Crippen LogP contribution in [0.1, 0.15) is 5.56 Å². The number of benzene rings is 1. The average molecular weight is 235 g/mol. The maximum atomic E-state index is 9.54. The minimum atomic E-state index is 0.0868. The lowest BCUT2D eigenvalue weighted by atomic mass is 10.2. The van der Waals surface area contributed by atoms with Gasteiger partial charge < -0.3 is 9.84 Å². The Kier molecular flexibility index (Phi) is 3.11. The molecule has 0 aliphatic heterocycles. The van der Waals surface area contributed by atoms with Gasteiger partial charge in [-0.3, -0.25) is 0 Å². The van der Waals surface area contributed by atoms with Crippen molar-refractivity contribution in [3.63, 3.8) is 0 Å². The molecule has 5 nitrogen and oxygen atoms in total. The second kappa shape index (κ2) is 4.71. The van der Waals surface area contributed by atoms with Crippen LogP contribution in [0.25, 0.3) is 0 Å². The van der Waals surface area contributed by atoms with Gasteiger partial charge in [0.2, 0.25) is 5.13 Å². The lowest BCUT2D eigenvalue weighted by Gasteiger charge is -2.05. The first-order valence-corrected chi connectivity index (χ1v) is 5.35. The highest BCUT2D eigenvalue weighted by molar-refractivity contribution is 7.13. The molecule has 0 amide bonds. The molecule has 1 N–H and O–H groups in total. The molecule has 1 heterocycles. The Morgan fingerprint density at radius 3 is 3.06 bits per heavy atom. The van der Waals surface area contributed by atoms with Crippen LogP contribution in [0.5, 0.6) is 11.5 Å². The molecule has 1 aromatic carbocycles. The van der Waals surface area contributed by atoms with Gasteiger partial charge in [0.05, 0.1) is 7.11 Å². The fourth-order valence-corrected chi connectivity index (χ4v) is 1.61. The number of aromatic nitrogens is 2. The number of phenols is 1. The Balaban J connectivity index is 2.31. The van der Waals surface area contributed by atoms with E-state index in [0.717, 1.165) is 0 Å². The molecule has 0 bridgehead atoms. The number of hydrogen-bond donors (Lipinski definition) is 1. The molecule has 16 heavy (non-hydrogen) atoms. The van der Waals surface area contributed by atoms with Gasteiger partial charge in [-0.25, -0.2) is 4.99 Å². The maximum Gasteiger partial charge on any atom is 0.231 e. The van der Waals surface area contributed by atoms with Crippen LogP contribution in [0.15, 0.2) is 28.7 Å². The summed E-state index contributed by atoms with van der Waals surface area (Å²) in [6, 6.07) is 5.07. The number of ether oxygens (including phenoxy) is 1. The molecule has 0 aliphatic rings. The van der Waals surface area contributed by atoms with Gasteiger partial charge in [-0.2, -0.15) is 0 Å². The van der Waals surface area contributed by atoms with E-state index in [2.05, 4.69) is 15.2 Å². The van der Waals surface area contributed by atoms with Crippen molar-refractivity contribution in [3.8, 4) is 11.5 Å². The van der Waals surface area contributed by atoms with Gasteiger partial charge in [-0.15, -0.1) is 10.2 Å². The Labute approximate surface area is 96.1 Å². The van der Waals surface area contributed by atoms with Crippen LogP contribution in [-0.4, -0.2) is 28.6 Å². The molecule has 0 fully saturated rings. The molecule has 0 radical (unpaired) electrons. The molecule has 6 heteroatoms. The van der Waals surface area contributed by atoms with Crippen molar-refractivity contribution in [1.29, 1.82) is 0 Å². The molecule has 82 valence electrons. The average Bonchev–Trinajstić information content (AvgIpc) is 2.79. The molecule has 1 aromatic heterocycles. The van der Waals surface area contributed by atoms with E-state index in [1.165, 1.54) is 18.4 Å². The van der Waals surface area contributed by atoms with Crippen molar-refractivity contribution in [3.05, 3.63) is 29.3 Å². The van der Waals surface area contributed by atoms with Crippen molar-refractivity contribution >= 4 is 22.7 Å². The number of phenolic OH excluding ortho intramolecular Hbond substituents is 1. The van der Waals surface area contributed by atoms with Gasteiger partial charge in [0.15, 0.2) is 11.5 Å². The highest BCUT2D eigenvalue weighted by atomic mass is 32.1. The highest BCUT2D eigenvalue weighted by Crippen LogP contribution is 2.28. The number of hydrogen-bond acceptors (Lipinski definition) is 6. The number of para-hydroxylation sites is 1. The molecule has 0 saturated carbocycles. The highest BCUT2D eigenvalue weighted by Gasteiger charge is 2.05. The molecule has 2 rings (SSSR count). The zero-order valence-corrected chi connectivity index (χ0v) is 9.31. The molecule has 0 spiro atoms. The Bertz CT molecular complexity index is 497. The number of methoxy groups -OCH3 is 1. The van der Waals surface area contributed by atoms with E-state index in [9.17, 15) is 5.11 Å². The number of aliphatic imine (C=N–C) groups is 1. The largest absolute Gasteiger partial charge is 0.504 e. The summed E-state index contributed by atoms with van der Waals surface area (Å²) in [7, 11) is 1.50. The third kappa shape index (κ3) is 2.17. The summed E-state index contributed by atoms with van der Waals surface area (Å²) in [5.74, 6) is 0.486. The zero-order chi connectivity index (χ0) is 11.4. The predicted octanol–water partition coefficient (Wildman–Crippen LogP) is 2.00. The monoisotopic (exact) mass is 235 g/mol. The number of rotatable bonds is 3. The van der Waals surface area contributed by atoms with Gasteiger partial charge in [-0.1, -0.05) is 17.4 Å². The van der Waals surface area contributed by atoms with E-state index < -0.39 is 0 Å². The van der Waals surface area contributed by atoms with Crippen molar-refractivity contribution in [2.75, 3.05) is 7.11 Å². The lowest BCUT2D eigenvalue weighted by Crippen LogP contribution is -1.90. The summed E-state index contributed by atoms with van der Waals surface area (Å²) in [6.45, 7) is 0. The van der Waals surface area contributed by atoms with E-state index in [1.54, 1.807) is 29.9 Å². The van der Waals surface area contributed by atoms with E-state index in [0.29, 0.717) is 16.4 Å². The Hall–Kier alpha value is -1.95. The summed E-state index contributed by atoms with van der Waals surface area (Å²) in [5, 5.41) is 17.5. The van der Waals surface area contributed by atoms with E-state index >= 15 is 0 Å². The molecular weight excluding hydrogens is 226 g/mol. The van der Waals surface area contributed by atoms with Crippen molar-refractivity contribution in [1.82, 2.24) is 10.2 Å². The van der Waals surface area contributed by atoms with Crippen molar-refractivity contribution in [2.24, 2.45) is 4.99 Å². The summed E-state index contributed by atoms with van der Waals surface area (Å²) in [5.41, 5.74) is 2.30. The molecular formula is C10H9N3O2S. The first-order valence-electron chi connectivity index (χ1n) is 4.47. The third-order valence-electron chi connectivity index (χ3n) is 1.89. The van der Waals surface area contributed by atoms with Crippen LogP contribution in [-0.2, 0) is 0 Å². The van der Waals surface area contributed by atoms with Crippen LogP contribution < -0.4 is 4.74 Å². The summed E-state index contributed by atoms with van der Waals surface area (Å²) in [4.78, 5) is 4.12. The quantitative estimate of drug-likeness (QED) is 0.826. The predicted molar refractivity (Wildman–Crippen MR) is 61.8 cm³/mol. The number of nitrogens with zero attached hydrogens (tertiary/aromatic N) is 3. The normalized spacial score (nSPS) is 10.8. The minimum absolute atomic E-state index is 0.0868. The smallest absolute Gasteiger partial charge is 0.231 e. The van der Waals surface area contributed by atoms with Crippen LogP contribution in [0.4, 0.5) is 5.13 Å². The van der Waals surface area contributed by atoms with Gasteiger partial charge in [0, 0.05) is 11.8 Å². The first-order chi connectivity index (χ1) is 7.81. The van der Waals surface area contributed by atoms with Gasteiger partial charge in [0.25, 0.3) is 0 Å². The Morgan fingerprint density at radius 1 is 1.50 bits per heavy atom. The van der Waals surface area contributed by atoms with Gasteiger partial charge in [0.1, 0.15) is 5.51 Å². The summed E-state index contributed by atoms with van der Waals surface area (Å²) in [6.07, 6.45) is 1.58. The zero-order valence-electron chi connectivity index (χ0n) is 8.49. The number of aromatic hydroxyl groups is 1. The van der Waals surface area contributed by atoms with Crippen LogP contribution in [0.2, 0.25) is 0 Å². The first kappa shape index (κ1) is 10.6.